The molecule has 0 radical (unpaired) electrons. The summed E-state index contributed by atoms with van der Waals surface area (Å²) < 4.78 is 39.8. The number of aromatic nitrogens is 4. The third kappa shape index (κ3) is 5.30. The molecule has 11 nitrogen and oxygen atoms in total. The van der Waals surface area contributed by atoms with E-state index in [0.29, 0.717) is 23.7 Å². The SMILES string of the molecule is CCCCCN1c2nc(Br)[nH]c2C(=O)N2C(Cc3cccc(-c4cncnc4)c3)=NN(OC(=O)C(F)(F)F)C21. The van der Waals surface area contributed by atoms with E-state index in [-0.39, 0.29) is 28.5 Å². The predicted octanol–water partition coefficient (Wildman–Crippen LogP) is 4.26. The maximum atomic E-state index is 13.6. The van der Waals surface area contributed by atoms with Crippen molar-refractivity contribution >= 4 is 39.5 Å². The van der Waals surface area contributed by atoms with Crippen LogP contribution in [0.1, 0.15) is 42.2 Å². The number of amides is 1. The summed E-state index contributed by atoms with van der Waals surface area (Å²) >= 11 is 3.24. The average Bonchev–Trinajstić information content (AvgIpc) is 3.47. The highest BCUT2D eigenvalue weighted by Crippen LogP contribution is 2.37. The highest BCUT2D eigenvalue weighted by atomic mass is 79.9. The number of halogens is 4. The number of carbonyl (C=O) groups is 2. The molecule has 15 heteroatoms. The zero-order chi connectivity index (χ0) is 27.7. The first-order valence-corrected chi connectivity index (χ1v) is 12.8. The highest BCUT2D eigenvalue weighted by molar-refractivity contribution is 9.10. The van der Waals surface area contributed by atoms with Gasteiger partial charge in [0.1, 0.15) is 17.9 Å². The van der Waals surface area contributed by atoms with E-state index in [0.717, 1.165) is 24.0 Å². The third-order valence-corrected chi connectivity index (χ3v) is 6.53. The molecule has 2 aromatic heterocycles. The molecule has 1 aromatic carbocycles. The van der Waals surface area contributed by atoms with Gasteiger partial charge < -0.3 is 14.7 Å². The van der Waals surface area contributed by atoms with Crippen LogP contribution in [0.25, 0.3) is 11.1 Å². The van der Waals surface area contributed by atoms with Crippen LogP contribution in [0.4, 0.5) is 19.0 Å². The molecule has 1 atom stereocenters. The van der Waals surface area contributed by atoms with Gasteiger partial charge in [0.2, 0.25) is 6.29 Å². The number of alkyl halides is 3. The summed E-state index contributed by atoms with van der Waals surface area (Å²) in [5.74, 6) is -2.71. The molecule has 0 bridgehead atoms. The molecule has 5 rings (SSSR count). The second kappa shape index (κ2) is 10.6. The van der Waals surface area contributed by atoms with Crippen LogP contribution >= 0.6 is 15.9 Å². The number of unbranched alkanes of at least 4 members (excludes halogenated alkanes) is 2. The fraction of sp³-hybridized carbons (Fsp3) is 0.333. The predicted molar refractivity (Wildman–Crippen MR) is 136 cm³/mol. The van der Waals surface area contributed by atoms with E-state index in [1.54, 1.807) is 29.4 Å². The molecule has 1 N–H and O–H groups in total. The molecule has 204 valence electrons. The highest BCUT2D eigenvalue weighted by Gasteiger charge is 2.52. The smallest absolute Gasteiger partial charge is 0.327 e. The first-order chi connectivity index (χ1) is 18.7. The Bertz CT molecular complexity index is 1420. The number of nitrogens with zero attached hydrogens (tertiary/aromatic N) is 7. The van der Waals surface area contributed by atoms with Gasteiger partial charge in [-0.1, -0.05) is 49.2 Å². The zero-order valence-electron chi connectivity index (χ0n) is 20.5. The van der Waals surface area contributed by atoms with Gasteiger partial charge in [0.25, 0.3) is 5.91 Å². The molecule has 0 spiro atoms. The van der Waals surface area contributed by atoms with Crippen molar-refractivity contribution in [3.63, 3.8) is 0 Å². The lowest BCUT2D eigenvalue weighted by atomic mass is 10.0. The van der Waals surface area contributed by atoms with Crippen LogP contribution in [0.5, 0.6) is 0 Å². The number of nitrogens with one attached hydrogen (secondary N) is 1. The van der Waals surface area contributed by atoms with Crippen molar-refractivity contribution in [3.8, 4) is 11.1 Å². The fourth-order valence-electron chi connectivity index (χ4n) is 4.42. The molecule has 1 unspecified atom stereocenters. The molecule has 0 aliphatic carbocycles. The largest absolute Gasteiger partial charge is 0.493 e. The van der Waals surface area contributed by atoms with Crippen LogP contribution in [0.15, 0.2) is 52.8 Å². The Kier molecular flexibility index (Phi) is 7.25. The summed E-state index contributed by atoms with van der Waals surface area (Å²) in [6, 6.07) is 7.28. The van der Waals surface area contributed by atoms with E-state index in [2.05, 4.69) is 41.0 Å². The van der Waals surface area contributed by atoms with Crippen LogP contribution in [-0.2, 0) is 16.1 Å². The number of H-pyrrole nitrogens is 1. The minimum atomic E-state index is -5.26. The normalized spacial score (nSPS) is 16.7. The van der Waals surface area contributed by atoms with Gasteiger partial charge in [-0.15, -0.1) is 5.10 Å². The van der Waals surface area contributed by atoms with E-state index in [1.165, 1.54) is 11.2 Å². The topological polar surface area (TPSA) is 120 Å². The number of anilines is 1. The lowest BCUT2D eigenvalue weighted by Crippen LogP contribution is -2.60. The van der Waals surface area contributed by atoms with Gasteiger partial charge in [-0.2, -0.15) is 13.2 Å². The number of rotatable bonds is 8. The molecule has 2 aliphatic heterocycles. The van der Waals surface area contributed by atoms with Crippen molar-refractivity contribution in [3.05, 3.63) is 59.0 Å². The van der Waals surface area contributed by atoms with Crippen LogP contribution in [0.2, 0.25) is 0 Å². The van der Waals surface area contributed by atoms with Crippen LogP contribution in [-0.4, -0.2) is 66.7 Å². The van der Waals surface area contributed by atoms with E-state index >= 15 is 0 Å². The van der Waals surface area contributed by atoms with Crippen molar-refractivity contribution in [1.82, 2.24) is 30.0 Å². The fourth-order valence-corrected chi connectivity index (χ4v) is 4.79. The first-order valence-electron chi connectivity index (χ1n) is 12.0. The summed E-state index contributed by atoms with van der Waals surface area (Å²) in [7, 11) is 0. The van der Waals surface area contributed by atoms with Gasteiger partial charge in [0.05, 0.1) is 0 Å². The van der Waals surface area contributed by atoms with E-state index in [4.69, 9.17) is 4.84 Å². The van der Waals surface area contributed by atoms with Crippen LogP contribution < -0.4 is 4.90 Å². The maximum Gasteiger partial charge on any atom is 0.493 e. The van der Waals surface area contributed by atoms with Crippen LogP contribution in [0.3, 0.4) is 0 Å². The molecular formula is C24H22BrF3N8O3. The molecular weight excluding hydrogens is 585 g/mol. The van der Waals surface area contributed by atoms with Gasteiger partial charge in [-0.05, 0) is 33.5 Å². The number of hydroxylamine groups is 1. The Labute approximate surface area is 228 Å². The summed E-state index contributed by atoms with van der Waals surface area (Å²) in [4.78, 5) is 48.2. The Morgan fingerprint density at radius 2 is 1.95 bits per heavy atom. The third-order valence-electron chi connectivity index (χ3n) is 6.15. The number of hydrogen-bond donors (Lipinski definition) is 1. The standard InChI is InChI=1S/C24H22BrF3N8O3/c1-2-3-4-8-34-19-18(31-22(25)32-19)20(37)35-17(33-36(23(34)35)39-21(38)24(26,27)28)10-14-6-5-7-15(9-14)16-11-29-13-30-12-16/h5-7,9,11-13,23H,2-4,8,10H2,1H3,(H,31,32). The van der Waals surface area contributed by atoms with Crippen molar-refractivity contribution in [2.24, 2.45) is 5.10 Å². The molecule has 3 aromatic rings. The minimum absolute atomic E-state index is 0.0529. The Balaban J connectivity index is 1.53. The maximum absolute atomic E-state index is 13.6. The Hall–Kier alpha value is -4.01. The van der Waals surface area contributed by atoms with Gasteiger partial charge in [0, 0.05) is 30.9 Å². The Morgan fingerprint density at radius 1 is 1.18 bits per heavy atom. The number of hydrazone groups is 1. The van der Waals surface area contributed by atoms with Gasteiger partial charge in [0.15, 0.2) is 10.6 Å². The van der Waals surface area contributed by atoms with Crippen molar-refractivity contribution in [2.75, 3.05) is 11.4 Å². The van der Waals surface area contributed by atoms with E-state index < -0.39 is 24.3 Å². The summed E-state index contributed by atoms with van der Waals surface area (Å²) in [5, 5.41) is 4.73. The first kappa shape index (κ1) is 26.6. The number of hydrogen-bond acceptors (Lipinski definition) is 9. The van der Waals surface area contributed by atoms with Crippen LogP contribution in [0, 0.1) is 0 Å². The average molecular weight is 607 g/mol. The molecule has 0 fully saturated rings. The van der Waals surface area contributed by atoms with Gasteiger partial charge in [-0.25, -0.2) is 24.6 Å². The second-order valence-electron chi connectivity index (χ2n) is 8.85. The molecule has 4 heterocycles. The number of carbonyl (C=O) groups excluding carboxylic acids is 2. The minimum Gasteiger partial charge on any atom is -0.327 e. The quantitative estimate of drug-likeness (QED) is 0.378. The zero-order valence-corrected chi connectivity index (χ0v) is 22.1. The lowest BCUT2D eigenvalue weighted by Gasteiger charge is -2.41. The van der Waals surface area contributed by atoms with Gasteiger partial charge >= 0.3 is 12.1 Å². The number of aromatic amines is 1. The summed E-state index contributed by atoms with van der Waals surface area (Å²) in [6.07, 6.45) is 0.563. The van der Waals surface area contributed by atoms with Gasteiger partial charge in [-0.3, -0.25) is 4.79 Å². The molecule has 39 heavy (non-hydrogen) atoms. The van der Waals surface area contributed by atoms with Crippen molar-refractivity contribution in [2.45, 2.75) is 45.1 Å². The number of benzene rings is 1. The lowest BCUT2D eigenvalue weighted by molar-refractivity contribution is -0.249. The monoisotopic (exact) mass is 606 g/mol. The number of imidazole rings is 1. The summed E-state index contributed by atoms with van der Waals surface area (Å²) in [6.45, 7) is 2.32. The van der Waals surface area contributed by atoms with E-state index in [9.17, 15) is 22.8 Å². The van der Waals surface area contributed by atoms with E-state index in [1.807, 2.05) is 19.1 Å². The van der Waals surface area contributed by atoms with Crippen molar-refractivity contribution < 1.29 is 27.6 Å². The molecule has 2 aliphatic rings. The van der Waals surface area contributed by atoms with Crippen molar-refractivity contribution in [1.29, 1.82) is 0 Å². The molecule has 0 saturated heterocycles. The number of amidine groups is 1. The number of fused-ring (bicyclic) bond motifs is 2. The second-order valence-corrected chi connectivity index (χ2v) is 9.60. The Morgan fingerprint density at radius 3 is 2.67 bits per heavy atom. The summed E-state index contributed by atoms with van der Waals surface area (Å²) in [5.41, 5.74) is 2.41. The molecule has 1 amide bonds. The molecule has 0 saturated carbocycles.